The Morgan fingerprint density at radius 1 is 1.35 bits per heavy atom. The van der Waals surface area contributed by atoms with Gasteiger partial charge in [-0.2, -0.15) is 10.1 Å². The molecule has 0 aliphatic carbocycles. The first-order valence-corrected chi connectivity index (χ1v) is 8.41. The van der Waals surface area contributed by atoms with E-state index in [2.05, 4.69) is 30.4 Å². The lowest BCUT2D eigenvalue weighted by molar-refractivity contribution is 0.0926. The van der Waals surface area contributed by atoms with Crippen LogP contribution in [0.5, 0.6) is 0 Å². The van der Waals surface area contributed by atoms with Gasteiger partial charge in [-0.05, 0) is 32.2 Å². The molecule has 1 N–H and O–H groups in total. The van der Waals surface area contributed by atoms with Crippen molar-refractivity contribution in [1.29, 1.82) is 0 Å². The topological polar surface area (TPSA) is 102 Å². The minimum Gasteiger partial charge on any atom is -0.339 e. The maximum Gasteiger partial charge on any atom is 0.272 e. The summed E-state index contributed by atoms with van der Waals surface area (Å²) in [7, 11) is 2.05. The van der Waals surface area contributed by atoms with Gasteiger partial charge in [0.05, 0.1) is 12.2 Å². The van der Waals surface area contributed by atoms with Crippen molar-refractivity contribution in [1.82, 2.24) is 35.1 Å². The van der Waals surface area contributed by atoms with Gasteiger partial charge in [-0.25, -0.2) is 0 Å². The molecule has 26 heavy (non-hydrogen) atoms. The van der Waals surface area contributed by atoms with Gasteiger partial charge in [0.2, 0.25) is 11.7 Å². The number of rotatable bonds is 4. The highest BCUT2D eigenvalue weighted by atomic mass is 16.5. The van der Waals surface area contributed by atoms with Gasteiger partial charge in [0.1, 0.15) is 11.7 Å². The van der Waals surface area contributed by atoms with Gasteiger partial charge >= 0.3 is 0 Å². The second-order valence-electron chi connectivity index (χ2n) is 6.35. The standard InChI is InChI=1S/C17H19N7O2/c1-11(17-20-15(22-26-17)13-5-3-4-6-18-13)19-16(25)14-9-12-10-23(2)7-8-24(12)21-14/h3-6,9,11H,7-8,10H2,1-2H3,(H,19,25). The lowest BCUT2D eigenvalue weighted by Gasteiger charge is -2.22. The Labute approximate surface area is 150 Å². The van der Waals surface area contributed by atoms with Gasteiger partial charge in [0.15, 0.2) is 5.69 Å². The van der Waals surface area contributed by atoms with E-state index in [1.807, 2.05) is 29.9 Å². The molecule has 0 spiro atoms. The van der Waals surface area contributed by atoms with E-state index in [4.69, 9.17) is 4.52 Å². The molecule has 0 bridgehead atoms. The zero-order valence-corrected chi connectivity index (χ0v) is 14.6. The van der Waals surface area contributed by atoms with Gasteiger partial charge in [0, 0.05) is 19.3 Å². The first kappa shape index (κ1) is 16.4. The number of likely N-dealkylation sites (N-methyl/N-ethyl adjacent to an activating group) is 1. The maximum atomic E-state index is 12.5. The second-order valence-corrected chi connectivity index (χ2v) is 6.35. The van der Waals surface area contributed by atoms with Crippen LogP contribution < -0.4 is 5.32 Å². The minimum atomic E-state index is -0.436. The molecule has 0 saturated carbocycles. The van der Waals surface area contributed by atoms with Crippen LogP contribution in [0, 0.1) is 0 Å². The third-order valence-electron chi connectivity index (χ3n) is 4.28. The van der Waals surface area contributed by atoms with Crippen molar-refractivity contribution in [2.24, 2.45) is 0 Å². The molecule has 134 valence electrons. The van der Waals surface area contributed by atoms with Crippen LogP contribution in [0.3, 0.4) is 0 Å². The number of carbonyl (C=O) groups is 1. The zero-order valence-electron chi connectivity index (χ0n) is 14.6. The number of carbonyl (C=O) groups excluding carboxylic acids is 1. The van der Waals surface area contributed by atoms with Crippen molar-refractivity contribution < 1.29 is 9.32 Å². The fraction of sp³-hybridized carbons (Fsp3) is 0.353. The highest BCUT2D eigenvalue weighted by molar-refractivity contribution is 5.92. The molecule has 0 radical (unpaired) electrons. The van der Waals surface area contributed by atoms with Gasteiger partial charge in [-0.15, -0.1) is 0 Å². The Morgan fingerprint density at radius 3 is 3.04 bits per heavy atom. The van der Waals surface area contributed by atoms with Crippen LogP contribution in [-0.2, 0) is 13.1 Å². The van der Waals surface area contributed by atoms with Crippen molar-refractivity contribution in [2.75, 3.05) is 13.6 Å². The van der Waals surface area contributed by atoms with E-state index in [9.17, 15) is 4.79 Å². The van der Waals surface area contributed by atoms with Gasteiger partial charge in [-0.1, -0.05) is 11.2 Å². The number of aromatic nitrogens is 5. The molecule has 1 unspecified atom stereocenters. The summed E-state index contributed by atoms with van der Waals surface area (Å²) in [4.78, 5) is 23.2. The molecular formula is C17H19N7O2. The van der Waals surface area contributed by atoms with E-state index in [0.29, 0.717) is 23.1 Å². The number of fused-ring (bicyclic) bond motifs is 1. The fourth-order valence-electron chi connectivity index (χ4n) is 2.85. The van der Waals surface area contributed by atoms with Crippen molar-refractivity contribution in [3.05, 3.63) is 47.7 Å². The Balaban J connectivity index is 1.46. The maximum absolute atomic E-state index is 12.5. The van der Waals surface area contributed by atoms with E-state index in [1.54, 1.807) is 19.2 Å². The summed E-state index contributed by atoms with van der Waals surface area (Å²) in [5.74, 6) is 0.449. The summed E-state index contributed by atoms with van der Waals surface area (Å²) in [5.41, 5.74) is 2.05. The molecule has 1 aliphatic rings. The largest absolute Gasteiger partial charge is 0.339 e. The average molecular weight is 353 g/mol. The molecule has 4 rings (SSSR count). The summed E-state index contributed by atoms with van der Waals surface area (Å²) in [6.07, 6.45) is 1.66. The van der Waals surface area contributed by atoms with E-state index in [0.717, 1.165) is 25.3 Å². The number of hydrogen-bond acceptors (Lipinski definition) is 7. The molecule has 3 aromatic rings. The molecule has 9 nitrogen and oxygen atoms in total. The first-order chi connectivity index (χ1) is 12.6. The van der Waals surface area contributed by atoms with Crippen LogP contribution in [0.2, 0.25) is 0 Å². The predicted molar refractivity (Wildman–Crippen MR) is 92.0 cm³/mol. The Hall–Kier alpha value is -3.07. The summed E-state index contributed by atoms with van der Waals surface area (Å²) >= 11 is 0. The Kier molecular flexibility index (Phi) is 4.21. The Morgan fingerprint density at radius 2 is 2.23 bits per heavy atom. The third-order valence-corrected chi connectivity index (χ3v) is 4.28. The van der Waals surface area contributed by atoms with E-state index in [-0.39, 0.29) is 5.91 Å². The van der Waals surface area contributed by atoms with Crippen LogP contribution in [0.25, 0.3) is 11.5 Å². The van der Waals surface area contributed by atoms with E-state index >= 15 is 0 Å². The van der Waals surface area contributed by atoms with Crippen LogP contribution in [0.4, 0.5) is 0 Å². The molecule has 0 saturated heterocycles. The lowest BCUT2D eigenvalue weighted by Crippen LogP contribution is -2.30. The zero-order chi connectivity index (χ0) is 18.1. The number of hydrogen-bond donors (Lipinski definition) is 1. The van der Waals surface area contributed by atoms with Crippen LogP contribution >= 0.6 is 0 Å². The van der Waals surface area contributed by atoms with E-state index < -0.39 is 6.04 Å². The monoisotopic (exact) mass is 353 g/mol. The number of nitrogens with zero attached hydrogens (tertiary/aromatic N) is 6. The summed E-state index contributed by atoms with van der Waals surface area (Å²) in [6.45, 7) is 4.28. The average Bonchev–Trinajstić information content (AvgIpc) is 3.29. The Bertz CT molecular complexity index is 918. The second kappa shape index (κ2) is 6.68. The van der Waals surface area contributed by atoms with Crippen LogP contribution in [0.15, 0.2) is 35.0 Å². The van der Waals surface area contributed by atoms with Gasteiger partial charge < -0.3 is 9.84 Å². The predicted octanol–water partition coefficient (Wildman–Crippen LogP) is 1.26. The molecule has 0 aromatic carbocycles. The van der Waals surface area contributed by atoms with Crippen molar-refractivity contribution in [3.8, 4) is 11.5 Å². The summed E-state index contributed by atoms with van der Waals surface area (Å²) in [5, 5.41) is 11.2. The van der Waals surface area contributed by atoms with Crippen molar-refractivity contribution >= 4 is 5.91 Å². The molecule has 4 heterocycles. The van der Waals surface area contributed by atoms with Gasteiger partial charge in [0.25, 0.3) is 5.91 Å². The molecule has 0 fully saturated rings. The summed E-state index contributed by atoms with van der Waals surface area (Å²) in [6, 6.07) is 6.85. The molecule has 1 atom stereocenters. The van der Waals surface area contributed by atoms with Crippen molar-refractivity contribution in [3.63, 3.8) is 0 Å². The third kappa shape index (κ3) is 3.21. The minimum absolute atomic E-state index is 0.264. The fourth-order valence-corrected chi connectivity index (χ4v) is 2.85. The van der Waals surface area contributed by atoms with E-state index in [1.165, 1.54) is 0 Å². The molecule has 3 aromatic heterocycles. The normalized spacial score (nSPS) is 15.5. The van der Waals surface area contributed by atoms with Crippen LogP contribution in [0.1, 0.15) is 35.0 Å². The molecule has 1 aliphatic heterocycles. The molecule has 1 amide bonds. The van der Waals surface area contributed by atoms with Gasteiger partial charge in [-0.3, -0.25) is 19.4 Å². The number of nitrogens with one attached hydrogen (secondary N) is 1. The number of pyridine rings is 1. The SMILES string of the molecule is CC(NC(=O)c1cc2n(n1)CCN(C)C2)c1nc(-c2ccccn2)no1. The highest BCUT2D eigenvalue weighted by Gasteiger charge is 2.22. The van der Waals surface area contributed by atoms with Crippen molar-refractivity contribution in [2.45, 2.75) is 26.1 Å². The lowest BCUT2D eigenvalue weighted by atomic mass is 10.2. The highest BCUT2D eigenvalue weighted by Crippen LogP contribution is 2.17. The smallest absolute Gasteiger partial charge is 0.272 e. The quantitative estimate of drug-likeness (QED) is 0.753. The molecule has 9 heteroatoms. The summed E-state index contributed by atoms with van der Waals surface area (Å²) < 4.78 is 7.15. The molecular weight excluding hydrogens is 334 g/mol. The number of amides is 1. The first-order valence-electron chi connectivity index (χ1n) is 8.41. The van der Waals surface area contributed by atoms with Crippen LogP contribution in [-0.4, -0.2) is 49.3 Å².